The van der Waals surface area contributed by atoms with Gasteiger partial charge in [-0.2, -0.15) is 0 Å². The van der Waals surface area contributed by atoms with Gasteiger partial charge in [-0.25, -0.2) is 9.82 Å². The number of pyridine rings is 1. The quantitative estimate of drug-likeness (QED) is 0.371. The van der Waals surface area contributed by atoms with E-state index >= 15 is 0 Å². The Bertz CT molecular complexity index is 1300. The molecule has 3 heterocycles. The lowest BCUT2D eigenvalue weighted by Crippen LogP contribution is -2.57. The fourth-order valence-electron chi connectivity index (χ4n) is 7.79. The van der Waals surface area contributed by atoms with Gasteiger partial charge < -0.3 is 15.4 Å². The van der Waals surface area contributed by atoms with Crippen LogP contribution in [0.15, 0.2) is 36.5 Å². The first-order valence-electron chi connectivity index (χ1n) is 16.0. The number of halogens is 1. The predicted octanol–water partition coefficient (Wildman–Crippen LogP) is 3.68. The fourth-order valence-corrected chi connectivity index (χ4v) is 7.79. The summed E-state index contributed by atoms with van der Waals surface area (Å²) in [7, 11) is 1.53. The van der Waals surface area contributed by atoms with E-state index in [0.717, 1.165) is 50.6 Å². The number of rotatable bonds is 8. The van der Waals surface area contributed by atoms with Crippen LogP contribution in [-0.4, -0.2) is 59.5 Å². The van der Waals surface area contributed by atoms with Crippen molar-refractivity contribution in [2.24, 2.45) is 11.8 Å². The molecule has 43 heavy (non-hydrogen) atoms. The number of nitrogens with zero attached hydrogens (tertiary/aromatic N) is 2. The first-order chi connectivity index (χ1) is 20.9. The summed E-state index contributed by atoms with van der Waals surface area (Å²) in [5.41, 5.74) is 9.55. The zero-order valence-corrected chi connectivity index (χ0v) is 25.3. The number of ether oxygens (including phenoxy) is 1. The maximum atomic E-state index is 15.0. The summed E-state index contributed by atoms with van der Waals surface area (Å²) in [6.07, 6.45) is 10.0. The highest BCUT2D eigenvalue weighted by Crippen LogP contribution is 2.40. The number of hydrogen-bond acceptors (Lipinski definition) is 7. The highest BCUT2D eigenvalue weighted by Gasteiger charge is 2.43. The van der Waals surface area contributed by atoms with Crippen LogP contribution in [0.4, 0.5) is 4.39 Å². The Kier molecular flexibility index (Phi) is 9.25. The van der Waals surface area contributed by atoms with Crippen molar-refractivity contribution in [1.82, 2.24) is 31.4 Å². The van der Waals surface area contributed by atoms with Crippen LogP contribution in [0.25, 0.3) is 0 Å². The van der Waals surface area contributed by atoms with Crippen molar-refractivity contribution in [3.8, 4) is 5.75 Å². The number of carbonyl (C=O) groups excluding carboxylic acids is 2. The van der Waals surface area contributed by atoms with Gasteiger partial charge >= 0.3 is 0 Å². The molecule has 4 N–H and O–H groups in total. The van der Waals surface area contributed by atoms with E-state index in [-0.39, 0.29) is 54.3 Å². The zero-order valence-electron chi connectivity index (χ0n) is 25.3. The smallest absolute Gasteiger partial charge is 0.237 e. The lowest BCUT2D eigenvalue weighted by atomic mass is 9.74. The van der Waals surface area contributed by atoms with E-state index in [9.17, 15) is 14.0 Å². The first kappa shape index (κ1) is 30.0. The van der Waals surface area contributed by atoms with E-state index in [0.29, 0.717) is 42.7 Å². The van der Waals surface area contributed by atoms with Crippen LogP contribution in [0.1, 0.15) is 80.7 Å². The number of piperidine rings is 1. The Morgan fingerprint density at radius 1 is 1.02 bits per heavy atom. The monoisotopic (exact) mass is 592 g/mol. The van der Waals surface area contributed by atoms with Gasteiger partial charge in [0.2, 0.25) is 11.8 Å². The second-order valence-corrected chi connectivity index (χ2v) is 12.9. The molecule has 4 unspecified atom stereocenters. The molecule has 9 nitrogen and oxygen atoms in total. The fraction of sp³-hybridized carbons (Fsp3) is 0.606. The Hall–Kier alpha value is -3.08. The Morgan fingerprint density at radius 2 is 1.84 bits per heavy atom. The van der Waals surface area contributed by atoms with E-state index in [1.807, 2.05) is 18.0 Å². The summed E-state index contributed by atoms with van der Waals surface area (Å²) < 4.78 is 20.5. The number of amides is 2. The summed E-state index contributed by atoms with van der Waals surface area (Å²) in [6.45, 7) is 2.72. The molecule has 10 heteroatoms. The molecular weight excluding hydrogens is 547 g/mol. The number of nitrogens with one attached hydrogen (secondary N) is 4. The maximum Gasteiger partial charge on any atom is 0.237 e. The standard InChI is InChI=1S/C33H45FN6O3/c1-20-16-21(14-15-35-20)31-25-17-22(10-12-28(25)38-39-31)32(41)37-24-11-13-29(33(42)36-23-6-3-4-7-23)40(18-24)19-26-27(34)8-5-9-30(26)43-2/h5,8-9,14-16,22-25,28-29,31,38-39H,3-4,6-7,10-13,17-19H2,1-2H3,(H,36,42)(H,37,41)/t22?,24-,25?,28?,29+,31?/m1/s1. The number of aromatic nitrogens is 1. The zero-order chi connectivity index (χ0) is 29.9. The van der Waals surface area contributed by atoms with Gasteiger partial charge in [0.1, 0.15) is 11.6 Å². The number of hydrogen-bond donors (Lipinski definition) is 4. The van der Waals surface area contributed by atoms with Gasteiger partial charge in [-0.15, -0.1) is 0 Å². The molecule has 0 spiro atoms. The summed E-state index contributed by atoms with van der Waals surface area (Å²) in [4.78, 5) is 33.5. The molecule has 4 aliphatic rings. The van der Waals surface area contributed by atoms with Crippen LogP contribution < -0.4 is 26.2 Å². The van der Waals surface area contributed by atoms with E-state index < -0.39 is 0 Å². The minimum Gasteiger partial charge on any atom is -0.496 e. The molecule has 2 aromatic rings. The van der Waals surface area contributed by atoms with E-state index in [2.05, 4.69) is 38.6 Å². The second-order valence-electron chi connectivity index (χ2n) is 12.9. The van der Waals surface area contributed by atoms with E-state index in [4.69, 9.17) is 4.74 Å². The van der Waals surface area contributed by atoms with Crippen LogP contribution in [0.3, 0.4) is 0 Å². The first-order valence-corrected chi connectivity index (χ1v) is 16.0. The van der Waals surface area contributed by atoms with Crippen molar-refractivity contribution in [3.05, 3.63) is 59.2 Å². The average Bonchev–Trinajstić information content (AvgIpc) is 3.68. The molecule has 1 aromatic carbocycles. The summed E-state index contributed by atoms with van der Waals surface area (Å²) in [6, 6.07) is 9.17. The molecule has 1 aromatic heterocycles. The molecule has 6 rings (SSSR count). The molecule has 2 amide bonds. The Balaban J connectivity index is 1.13. The summed E-state index contributed by atoms with van der Waals surface area (Å²) >= 11 is 0. The van der Waals surface area contributed by atoms with Crippen molar-refractivity contribution in [3.63, 3.8) is 0 Å². The van der Waals surface area contributed by atoms with Gasteiger partial charge in [0, 0.05) is 54.6 Å². The number of carbonyl (C=O) groups is 2. The number of hydrazine groups is 1. The third kappa shape index (κ3) is 6.71. The van der Waals surface area contributed by atoms with Gasteiger partial charge in [0.05, 0.1) is 19.2 Å². The molecule has 4 fully saturated rings. The molecule has 2 saturated carbocycles. The van der Waals surface area contributed by atoms with Crippen molar-refractivity contribution in [1.29, 1.82) is 0 Å². The third-order valence-electron chi connectivity index (χ3n) is 10.1. The van der Waals surface area contributed by atoms with Crippen molar-refractivity contribution >= 4 is 11.8 Å². The topological polar surface area (TPSA) is 108 Å². The third-order valence-corrected chi connectivity index (χ3v) is 10.1. The molecule has 232 valence electrons. The van der Waals surface area contributed by atoms with Gasteiger partial charge in [-0.05, 0) is 87.6 Å². The van der Waals surface area contributed by atoms with Crippen LogP contribution in [-0.2, 0) is 16.1 Å². The Morgan fingerprint density at radius 3 is 2.63 bits per heavy atom. The minimum atomic E-state index is -0.381. The molecule has 6 atom stereocenters. The summed E-state index contributed by atoms with van der Waals surface area (Å²) in [5.74, 6) is 0.440. The van der Waals surface area contributed by atoms with E-state index in [1.165, 1.54) is 18.7 Å². The number of aryl methyl sites for hydroxylation is 1. The maximum absolute atomic E-state index is 15.0. The lowest BCUT2D eigenvalue weighted by molar-refractivity contribution is -0.130. The Labute approximate surface area is 253 Å². The van der Waals surface area contributed by atoms with Gasteiger partial charge in [0.25, 0.3) is 0 Å². The number of methoxy groups -OCH3 is 1. The van der Waals surface area contributed by atoms with Crippen LogP contribution in [0.2, 0.25) is 0 Å². The van der Waals surface area contributed by atoms with Crippen LogP contribution in [0, 0.1) is 24.6 Å². The molecular formula is C33H45FN6O3. The second kappa shape index (κ2) is 13.3. The highest BCUT2D eigenvalue weighted by atomic mass is 19.1. The molecule has 2 aliphatic heterocycles. The van der Waals surface area contributed by atoms with Gasteiger partial charge in [0.15, 0.2) is 0 Å². The van der Waals surface area contributed by atoms with Crippen LogP contribution >= 0.6 is 0 Å². The van der Waals surface area contributed by atoms with E-state index in [1.54, 1.807) is 12.1 Å². The van der Waals surface area contributed by atoms with Crippen LogP contribution in [0.5, 0.6) is 5.75 Å². The summed E-state index contributed by atoms with van der Waals surface area (Å²) in [5, 5.41) is 6.58. The minimum absolute atomic E-state index is 0.00364. The molecule has 0 radical (unpaired) electrons. The number of fused-ring (bicyclic) bond motifs is 1. The largest absolute Gasteiger partial charge is 0.496 e. The number of benzene rings is 1. The van der Waals surface area contributed by atoms with Crippen molar-refractivity contribution in [2.75, 3.05) is 13.7 Å². The normalized spacial score (nSPS) is 29.7. The van der Waals surface area contributed by atoms with Crippen molar-refractivity contribution in [2.45, 2.75) is 101 Å². The predicted molar refractivity (Wildman–Crippen MR) is 161 cm³/mol. The average molecular weight is 593 g/mol. The van der Waals surface area contributed by atoms with Gasteiger partial charge in [-0.3, -0.25) is 24.9 Å². The van der Waals surface area contributed by atoms with Crippen molar-refractivity contribution < 1.29 is 18.7 Å². The highest BCUT2D eigenvalue weighted by molar-refractivity contribution is 5.82. The van der Waals surface area contributed by atoms with Gasteiger partial charge in [-0.1, -0.05) is 18.9 Å². The molecule has 2 saturated heterocycles. The lowest BCUT2D eigenvalue weighted by Gasteiger charge is -2.40. The SMILES string of the molecule is COc1cccc(F)c1CN1C[C@H](NC(=O)C2CCC3NNC(c4ccnc(C)c4)C3C2)CC[C@H]1C(=O)NC1CCCC1. The molecule has 2 aliphatic carbocycles. The number of likely N-dealkylation sites (tertiary alicyclic amines) is 1. The molecule has 0 bridgehead atoms.